The molecule has 0 aliphatic heterocycles. The first-order valence-electron chi connectivity index (χ1n) is 8.25. The number of nitrogens with one attached hydrogen (secondary N) is 1. The molecule has 25 heavy (non-hydrogen) atoms. The van der Waals surface area contributed by atoms with Crippen molar-refractivity contribution in [2.75, 3.05) is 5.32 Å². The summed E-state index contributed by atoms with van der Waals surface area (Å²) in [7, 11) is 0. The van der Waals surface area contributed by atoms with Crippen LogP contribution >= 0.6 is 0 Å². The molecule has 7 nitrogen and oxygen atoms in total. The number of amides is 1. The number of nitrogens with zero attached hydrogens (tertiary/aromatic N) is 3. The molecule has 1 N–H and O–H groups in total. The average molecular weight is 340 g/mol. The second kappa shape index (κ2) is 6.88. The summed E-state index contributed by atoms with van der Waals surface area (Å²) in [5, 5.41) is 6.73. The Kier molecular flexibility index (Phi) is 4.65. The number of aromatic nitrogens is 3. The largest absolute Gasteiger partial charge is 0.427 e. The number of carbonyl (C=O) groups excluding carboxylic acids is 1. The molecule has 0 fully saturated rings. The summed E-state index contributed by atoms with van der Waals surface area (Å²) < 4.78 is 6.92. The van der Waals surface area contributed by atoms with E-state index in [4.69, 9.17) is 4.42 Å². The van der Waals surface area contributed by atoms with Crippen molar-refractivity contribution in [2.45, 2.75) is 39.5 Å². The minimum atomic E-state index is -0.614. The molecule has 0 spiro atoms. The molecule has 0 aliphatic carbocycles. The van der Waals surface area contributed by atoms with Crippen LogP contribution in [0.15, 0.2) is 39.9 Å². The molecule has 0 bridgehead atoms. The molecule has 3 heterocycles. The van der Waals surface area contributed by atoms with Crippen LogP contribution in [0.1, 0.15) is 54.3 Å². The Morgan fingerprint density at radius 3 is 2.92 bits per heavy atom. The predicted molar refractivity (Wildman–Crippen MR) is 94.0 cm³/mol. The standard InChI is InChI=1S/C18H20N4O3/c1-4-5-11(2)14-8-12(3)16(18(24)25-14)17(23)21-13-6-7-15-19-10-20-22(15)9-13/h6-11H,4-5H2,1-3H3,(H,21,23). The maximum Gasteiger partial charge on any atom is 0.349 e. The summed E-state index contributed by atoms with van der Waals surface area (Å²) >= 11 is 0. The van der Waals surface area contributed by atoms with Gasteiger partial charge in [0.25, 0.3) is 5.91 Å². The van der Waals surface area contributed by atoms with Crippen molar-refractivity contribution in [3.8, 4) is 0 Å². The van der Waals surface area contributed by atoms with Crippen LogP contribution in [0, 0.1) is 6.92 Å². The van der Waals surface area contributed by atoms with E-state index in [1.54, 1.807) is 35.8 Å². The zero-order valence-electron chi connectivity index (χ0n) is 14.4. The fourth-order valence-corrected chi connectivity index (χ4v) is 2.81. The summed E-state index contributed by atoms with van der Waals surface area (Å²) in [6.07, 6.45) is 4.98. The van der Waals surface area contributed by atoms with Gasteiger partial charge < -0.3 is 9.73 Å². The maximum absolute atomic E-state index is 12.5. The number of aryl methyl sites for hydroxylation is 1. The van der Waals surface area contributed by atoms with Gasteiger partial charge in [-0.05, 0) is 37.1 Å². The molecule has 3 aromatic heterocycles. The molecule has 0 aliphatic rings. The predicted octanol–water partition coefficient (Wildman–Crippen LogP) is 3.15. The van der Waals surface area contributed by atoms with Gasteiger partial charge in [0.05, 0.1) is 11.9 Å². The van der Waals surface area contributed by atoms with Crippen molar-refractivity contribution in [1.29, 1.82) is 0 Å². The normalized spacial score (nSPS) is 12.3. The minimum Gasteiger partial charge on any atom is -0.427 e. The fraction of sp³-hybridized carbons (Fsp3) is 0.333. The van der Waals surface area contributed by atoms with Gasteiger partial charge in [-0.1, -0.05) is 20.3 Å². The minimum absolute atomic E-state index is 0.0196. The molecular weight excluding hydrogens is 320 g/mol. The summed E-state index contributed by atoms with van der Waals surface area (Å²) in [5.41, 5.74) is 1.20. The van der Waals surface area contributed by atoms with Crippen LogP contribution in [-0.4, -0.2) is 20.5 Å². The van der Waals surface area contributed by atoms with Crippen LogP contribution in [-0.2, 0) is 0 Å². The van der Waals surface area contributed by atoms with Crippen molar-refractivity contribution in [2.24, 2.45) is 0 Å². The summed E-state index contributed by atoms with van der Waals surface area (Å²) in [6.45, 7) is 5.83. The number of carbonyl (C=O) groups is 1. The van der Waals surface area contributed by atoms with E-state index in [1.807, 2.05) is 6.92 Å². The first-order valence-corrected chi connectivity index (χ1v) is 8.25. The Morgan fingerprint density at radius 1 is 1.40 bits per heavy atom. The highest BCUT2D eigenvalue weighted by atomic mass is 16.4. The van der Waals surface area contributed by atoms with Gasteiger partial charge in [0.2, 0.25) is 0 Å². The molecule has 3 rings (SSSR count). The van der Waals surface area contributed by atoms with Crippen molar-refractivity contribution >= 4 is 17.2 Å². The van der Waals surface area contributed by atoms with Gasteiger partial charge >= 0.3 is 5.63 Å². The summed E-state index contributed by atoms with van der Waals surface area (Å²) in [4.78, 5) is 28.9. The third kappa shape index (κ3) is 3.45. The maximum atomic E-state index is 12.5. The molecule has 0 saturated carbocycles. The number of hydrogen-bond donors (Lipinski definition) is 1. The number of anilines is 1. The van der Waals surface area contributed by atoms with Gasteiger partial charge in [0, 0.05) is 5.92 Å². The highest BCUT2D eigenvalue weighted by Crippen LogP contribution is 2.21. The number of rotatable bonds is 5. The first kappa shape index (κ1) is 16.9. The van der Waals surface area contributed by atoms with Gasteiger partial charge in [-0.25, -0.2) is 14.3 Å². The lowest BCUT2D eigenvalue weighted by Crippen LogP contribution is -2.23. The van der Waals surface area contributed by atoms with Crippen molar-refractivity contribution in [3.63, 3.8) is 0 Å². The van der Waals surface area contributed by atoms with E-state index >= 15 is 0 Å². The fourth-order valence-electron chi connectivity index (χ4n) is 2.81. The average Bonchev–Trinajstić information content (AvgIpc) is 3.02. The zero-order chi connectivity index (χ0) is 18.0. The molecule has 1 unspecified atom stereocenters. The van der Waals surface area contributed by atoms with Gasteiger partial charge in [-0.2, -0.15) is 5.10 Å². The van der Waals surface area contributed by atoms with Crippen molar-refractivity contribution in [3.05, 3.63) is 58.0 Å². The van der Waals surface area contributed by atoms with Crippen LogP contribution in [0.4, 0.5) is 5.69 Å². The van der Waals surface area contributed by atoms with Crippen LogP contribution in [0.5, 0.6) is 0 Å². The van der Waals surface area contributed by atoms with Gasteiger partial charge in [0.1, 0.15) is 17.7 Å². The Labute approximate surface area is 144 Å². The molecule has 7 heteroatoms. The lowest BCUT2D eigenvalue weighted by Gasteiger charge is -2.12. The lowest BCUT2D eigenvalue weighted by atomic mass is 10.0. The second-order valence-corrected chi connectivity index (χ2v) is 6.12. The van der Waals surface area contributed by atoms with Crippen LogP contribution < -0.4 is 10.9 Å². The van der Waals surface area contributed by atoms with E-state index < -0.39 is 11.5 Å². The third-order valence-corrected chi connectivity index (χ3v) is 4.13. The van der Waals surface area contributed by atoms with E-state index in [2.05, 4.69) is 22.3 Å². The Morgan fingerprint density at radius 2 is 2.20 bits per heavy atom. The summed E-state index contributed by atoms with van der Waals surface area (Å²) in [5.74, 6) is 0.258. The topological polar surface area (TPSA) is 89.5 Å². The zero-order valence-corrected chi connectivity index (χ0v) is 14.4. The van der Waals surface area contributed by atoms with E-state index in [1.165, 1.54) is 6.33 Å². The highest BCUT2D eigenvalue weighted by molar-refractivity contribution is 6.04. The monoisotopic (exact) mass is 340 g/mol. The Balaban J connectivity index is 1.87. The quantitative estimate of drug-likeness (QED) is 0.770. The molecule has 0 saturated heterocycles. The van der Waals surface area contributed by atoms with Crippen molar-refractivity contribution in [1.82, 2.24) is 14.6 Å². The van der Waals surface area contributed by atoms with Crippen LogP contribution in [0.3, 0.4) is 0 Å². The lowest BCUT2D eigenvalue weighted by molar-refractivity contribution is 0.102. The van der Waals surface area contributed by atoms with E-state index in [0.29, 0.717) is 22.7 Å². The van der Waals surface area contributed by atoms with E-state index in [-0.39, 0.29) is 11.5 Å². The number of pyridine rings is 1. The number of fused-ring (bicyclic) bond motifs is 1. The van der Waals surface area contributed by atoms with Crippen LogP contribution in [0.25, 0.3) is 5.65 Å². The van der Waals surface area contributed by atoms with Gasteiger partial charge in [-0.15, -0.1) is 0 Å². The molecule has 0 aromatic carbocycles. The van der Waals surface area contributed by atoms with Gasteiger partial charge in [0.15, 0.2) is 5.65 Å². The Bertz CT molecular complexity index is 974. The van der Waals surface area contributed by atoms with Gasteiger partial charge in [-0.3, -0.25) is 4.79 Å². The van der Waals surface area contributed by atoms with E-state index in [9.17, 15) is 9.59 Å². The van der Waals surface area contributed by atoms with E-state index in [0.717, 1.165) is 12.8 Å². The molecule has 1 amide bonds. The highest BCUT2D eigenvalue weighted by Gasteiger charge is 2.19. The summed E-state index contributed by atoms with van der Waals surface area (Å²) in [6, 6.07) is 5.21. The molecular formula is C18H20N4O3. The van der Waals surface area contributed by atoms with Crippen molar-refractivity contribution < 1.29 is 9.21 Å². The number of hydrogen-bond acceptors (Lipinski definition) is 5. The SMILES string of the molecule is CCCC(C)c1cc(C)c(C(=O)Nc2ccc3ncnn3c2)c(=O)o1. The first-order chi connectivity index (χ1) is 12.0. The molecule has 0 radical (unpaired) electrons. The molecule has 130 valence electrons. The smallest absolute Gasteiger partial charge is 0.349 e. The third-order valence-electron chi connectivity index (χ3n) is 4.13. The second-order valence-electron chi connectivity index (χ2n) is 6.12. The van der Waals surface area contributed by atoms with Crippen LogP contribution in [0.2, 0.25) is 0 Å². The Hall–Kier alpha value is -2.96. The molecule has 3 aromatic rings. The molecule has 1 atom stereocenters.